The molecule has 1 aliphatic carbocycles. The first-order valence-electron chi connectivity index (χ1n) is 12.9. The number of fused-ring (bicyclic) bond motifs is 1. The van der Waals surface area contributed by atoms with Crippen LogP contribution in [0, 0.1) is 5.92 Å². The van der Waals surface area contributed by atoms with Crippen molar-refractivity contribution in [3.05, 3.63) is 81.7 Å². The van der Waals surface area contributed by atoms with E-state index in [9.17, 15) is 4.79 Å². The van der Waals surface area contributed by atoms with E-state index in [-0.39, 0.29) is 11.8 Å². The molecule has 5 nitrogen and oxygen atoms in total. The maximum absolute atomic E-state index is 12.7. The van der Waals surface area contributed by atoms with Crippen LogP contribution in [0.5, 0.6) is 0 Å². The van der Waals surface area contributed by atoms with E-state index in [4.69, 9.17) is 28.2 Å². The summed E-state index contributed by atoms with van der Waals surface area (Å²) in [6, 6.07) is 16.0. The molecule has 1 unspecified atom stereocenters. The lowest BCUT2D eigenvalue weighted by Crippen LogP contribution is -2.50. The second-order valence-electron chi connectivity index (χ2n) is 10.1. The molecule has 1 aromatic heterocycles. The highest BCUT2D eigenvalue weighted by Gasteiger charge is 2.32. The maximum Gasteiger partial charge on any atom is 0.225 e. The molecule has 1 amide bonds. The average molecular weight is 521 g/mol. The van der Waals surface area contributed by atoms with Crippen molar-refractivity contribution in [3.8, 4) is 11.3 Å². The molecule has 3 aliphatic rings. The van der Waals surface area contributed by atoms with E-state index in [0.717, 1.165) is 84.8 Å². The predicted octanol–water partition coefficient (Wildman–Crippen LogP) is 6.11. The lowest BCUT2D eigenvalue weighted by molar-refractivity contribution is -0.140. The van der Waals surface area contributed by atoms with Gasteiger partial charge in [0, 0.05) is 66.7 Å². The zero-order valence-corrected chi connectivity index (χ0v) is 21.8. The number of benzene rings is 2. The van der Waals surface area contributed by atoms with Crippen molar-refractivity contribution in [2.45, 2.75) is 38.3 Å². The van der Waals surface area contributed by atoms with E-state index < -0.39 is 0 Å². The van der Waals surface area contributed by atoms with Gasteiger partial charge in [-0.2, -0.15) is 0 Å². The fourth-order valence-electron chi connectivity index (χ4n) is 5.52. The highest BCUT2D eigenvalue weighted by atomic mass is 35.5. The number of allylic oxidation sites excluding steroid dienone is 1. The molecule has 0 spiro atoms. The summed E-state index contributed by atoms with van der Waals surface area (Å²) in [5.74, 6) is 1.78. The molecule has 2 fully saturated rings. The number of amides is 1. The minimum absolute atomic E-state index is 0.189. The topological polar surface area (TPSA) is 41.4 Å². The van der Waals surface area contributed by atoms with Gasteiger partial charge in [-0.05, 0) is 42.7 Å². The van der Waals surface area contributed by atoms with Crippen LogP contribution in [0.25, 0.3) is 17.3 Å². The SMILES string of the molecule is O=C(C1CCC1)N1CCN(Cc2c(-c3ccc(Cl)cc3)nc3n2CC(c2ccccc2Cl)C=C3)CC1. The van der Waals surface area contributed by atoms with Gasteiger partial charge in [0.1, 0.15) is 5.82 Å². The number of carbonyl (C=O) groups is 1. The van der Waals surface area contributed by atoms with Gasteiger partial charge >= 0.3 is 0 Å². The van der Waals surface area contributed by atoms with Crippen LogP contribution in [0.4, 0.5) is 0 Å². The molecule has 3 heterocycles. The fourth-order valence-corrected chi connectivity index (χ4v) is 5.93. The summed E-state index contributed by atoms with van der Waals surface area (Å²) in [4.78, 5) is 22.3. The van der Waals surface area contributed by atoms with Gasteiger partial charge in [0.25, 0.3) is 0 Å². The van der Waals surface area contributed by atoms with Gasteiger partial charge in [-0.15, -0.1) is 0 Å². The predicted molar refractivity (Wildman–Crippen MR) is 145 cm³/mol. The molecule has 0 bridgehead atoms. The van der Waals surface area contributed by atoms with E-state index in [1.807, 2.05) is 42.5 Å². The third-order valence-corrected chi connectivity index (χ3v) is 8.49. The molecular formula is C29H30Cl2N4O. The third-order valence-electron chi connectivity index (χ3n) is 7.89. The molecule has 1 saturated heterocycles. The number of nitrogens with zero attached hydrogens (tertiary/aromatic N) is 4. The van der Waals surface area contributed by atoms with Gasteiger partial charge in [-0.3, -0.25) is 9.69 Å². The van der Waals surface area contributed by atoms with Gasteiger partial charge < -0.3 is 9.47 Å². The number of rotatable bonds is 5. The summed E-state index contributed by atoms with van der Waals surface area (Å²) in [5, 5.41) is 1.51. The Kier molecular flexibility index (Phi) is 6.63. The van der Waals surface area contributed by atoms with Crippen LogP contribution in [0.1, 0.15) is 42.3 Å². The van der Waals surface area contributed by atoms with Crippen molar-refractivity contribution in [2.24, 2.45) is 5.92 Å². The molecule has 1 saturated carbocycles. The molecule has 1 atom stereocenters. The lowest BCUT2D eigenvalue weighted by Gasteiger charge is -2.38. The largest absolute Gasteiger partial charge is 0.340 e. The Hall–Kier alpha value is -2.60. The Morgan fingerprint density at radius 2 is 1.72 bits per heavy atom. The zero-order valence-electron chi connectivity index (χ0n) is 20.2. The van der Waals surface area contributed by atoms with Crippen LogP contribution in [0.3, 0.4) is 0 Å². The number of piperazine rings is 1. The average Bonchev–Trinajstić information content (AvgIpc) is 3.21. The minimum Gasteiger partial charge on any atom is -0.340 e. The van der Waals surface area contributed by atoms with Gasteiger partial charge in [0.05, 0.1) is 11.4 Å². The summed E-state index contributed by atoms with van der Waals surface area (Å²) in [6.07, 6.45) is 7.65. The summed E-state index contributed by atoms with van der Waals surface area (Å²) in [6.45, 7) is 4.94. The number of imidazole rings is 1. The maximum atomic E-state index is 12.7. The fraction of sp³-hybridized carbons (Fsp3) is 0.379. The van der Waals surface area contributed by atoms with Crippen LogP contribution in [-0.2, 0) is 17.9 Å². The van der Waals surface area contributed by atoms with Crippen LogP contribution in [0.2, 0.25) is 10.0 Å². The molecular weight excluding hydrogens is 491 g/mol. The molecule has 3 aromatic rings. The van der Waals surface area contributed by atoms with Crippen molar-refractivity contribution in [1.29, 1.82) is 0 Å². The van der Waals surface area contributed by atoms with Crippen molar-refractivity contribution < 1.29 is 4.79 Å². The molecule has 0 radical (unpaired) electrons. The van der Waals surface area contributed by atoms with Crippen LogP contribution >= 0.6 is 23.2 Å². The van der Waals surface area contributed by atoms with E-state index in [0.29, 0.717) is 5.91 Å². The Balaban J connectivity index is 1.27. The summed E-state index contributed by atoms with van der Waals surface area (Å²) < 4.78 is 2.35. The number of carbonyl (C=O) groups excluding carboxylic acids is 1. The Morgan fingerprint density at radius 3 is 2.42 bits per heavy atom. The first-order valence-corrected chi connectivity index (χ1v) is 13.6. The second kappa shape index (κ2) is 10.0. The smallest absolute Gasteiger partial charge is 0.225 e. The van der Waals surface area contributed by atoms with Crippen molar-refractivity contribution in [3.63, 3.8) is 0 Å². The lowest BCUT2D eigenvalue weighted by atomic mass is 9.84. The molecule has 36 heavy (non-hydrogen) atoms. The van der Waals surface area contributed by atoms with E-state index in [1.165, 1.54) is 12.1 Å². The Labute approximate surface area is 222 Å². The molecule has 6 rings (SSSR count). The van der Waals surface area contributed by atoms with Crippen molar-refractivity contribution >= 4 is 35.2 Å². The van der Waals surface area contributed by atoms with Crippen molar-refractivity contribution in [2.75, 3.05) is 26.2 Å². The second-order valence-corrected chi connectivity index (χ2v) is 10.9. The standard InChI is InChI=1S/C29H30Cl2N4O/c30-23-11-8-20(9-12-23)28-26(19-33-14-16-34(17-15-33)29(36)21-4-3-5-21)35-18-22(10-13-27(35)32-28)24-6-1-2-7-25(24)31/h1-2,6-13,21-22H,3-5,14-19H2. The van der Waals surface area contributed by atoms with E-state index in [2.05, 4.69) is 32.6 Å². The van der Waals surface area contributed by atoms with Gasteiger partial charge in [0.15, 0.2) is 0 Å². The van der Waals surface area contributed by atoms with Gasteiger partial charge in [0.2, 0.25) is 5.91 Å². The van der Waals surface area contributed by atoms with Crippen molar-refractivity contribution in [1.82, 2.24) is 19.4 Å². The van der Waals surface area contributed by atoms with Crippen LogP contribution in [0.15, 0.2) is 54.6 Å². The highest BCUT2D eigenvalue weighted by Crippen LogP contribution is 2.35. The van der Waals surface area contributed by atoms with Gasteiger partial charge in [-0.25, -0.2) is 4.98 Å². The number of aromatic nitrogens is 2. The first-order chi connectivity index (χ1) is 17.6. The Bertz CT molecular complexity index is 1290. The van der Waals surface area contributed by atoms with Crippen LogP contribution in [-0.4, -0.2) is 51.4 Å². The van der Waals surface area contributed by atoms with E-state index in [1.54, 1.807) is 0 Å². The number of hydrogen-bond acceptors (Lipinski definition) is 3. The minimum atomic E-state index is 0.189. The number of hydrogen-bond donors (Lipinski definition) is 0. The zero-order chi connectivity index (χ0) is 24.6. The highest BCUT2D eigenvalue weighted by molar-refractivity contribution is 6.31. The molecule has 7 heteroatoms. The molecule has 2 aromatic carbocycles. The first kappa shape index (κ1) is 23.8. The summed E-state index contributed by atoms with van der Waals surface area (Å²) in [7, 11) is 0. The number of halogens is 2. The quantitative estimate of drug-likeness (QED) is 0.407. The molecule has 186 valence electrons. The molecule has 2 aliphatic heterocycles. The van der Waals surface area contributed by atoms with E-state index >= 15 is 0 Å². The Morgan fingerprint density at radius 1 is 0.972 bits per heavy atom. The summed E-state index contributed by atoms with van der Waals surface area (Å²) in [5.41, 5.74) is 4.40. The monoisotopic (exact) mass is 520 g/mol. The van der Waals surface area contributed by atoms with Gasteiger partial charge in [-0.1, -0.05) is 66.0 Å². The third kappa shape index (κ3) is 4.60. The summed E-state index contributed by atoms with van der Waals surface area (Å²) >= 11 is 12.7. The molecule has 0 N–H and O–H groups in total. The normalized spacial score (nSPS) is 20.3. The van der Waals surface area contributed by atoms with Crippen LogP contribution < -0.4 is 0 Å².